The summed E-state index contributed by atoms with van der Waals surface area (Å²) in [6, 6.07) is 0. The van der Waals surface area contributed by atoms with Crippen LogP contribution in [0.1, 0.15) is 0 Å². The van der Waals surface area contributed by atoms with Gasteiger partial charge in [-0.3, -0.25) is 0 Å². The van der Waals surface area contributed by atoms with Gasteiger partial charge < -0.3 is 46.6 Å². The first-order valence-corrected chi connectivity index (χ1v) is 3.29. The van der Waals surface area contributed by atoms with E-state index in [0.29, 0.717) is 0 Å². The van der Waals surface area contributed by atoms with Crippen molar-refractivity contribution in [1.29, 1.82) is 0 Å². The summed E-state index contributed by atoms with van der Waals surface area (Å²) < 4.78 is 0. The Morgan fingerprint density at radius 2 is 0.455 bits per heavy atom. The topological polar surface area (TPSA) is 138 Å². The number of hydrogen-bond donors (Lipinski definition) is 0. The largest absolute Gasteiger partial charge is 2.00 e. The molecule has 0 rings (SSSR count). The van der Waals surface area contributed by atoms with Gasteiger partial charge in [-0.15, -0.1) is 0 Å². The molecule has 0 atom stereocenters. The van der Waals surface area contributed by atoms with Crippen LogP contribution in [0.2, 0.25) is 0 Å². The van der Waals surface area contributed by atoms with Crippen molar-refractivity contribution in [3.8, 4) is 0 Å². The van der Waals surface area contributed by atoms with Crippen molar-refractivity contribution >= 4 is 70.0 Å². The average molecular weight is 376 g/mol. The molecule has 0 fully saturated rings. The Balaban J connectivity index is -0.0000000171. The molecule has 0 saturated heterocycles. The molecular weight excluding hydrogens is 376 g/mol. The van der Waals surface area contributed by atoms with Gasteiger partial charge in [-0.25, -0.2) is 0 Å². The van der Waals surface area contributed by atoms with E-state index in [1.807, 2.05) is 0 Å². The molecule has 11 heteroatoms. The second-order valence-electron chi connectivity index (χ2n) is 0.447. The number of hydrogen-bond acceptors (Lipinski definition) is 6. The van der Waals surface area contributed by atoms with E-state index in [2.05, 4.69) is 0 Å². The Kier molecular flexibility index (Phi) is 60.5. The maximum Gasteiger partial charge on any atom is 2.00 e. The molecule has 0 aliphatic rings. The van der Waals surface area contributed by atoms with Gasteiger partial charge in [0, 0.05) is 0 Å². The Morgan fingerprint density at radius 3 is 0.455 bits per heavy atom. The van der Waals surface area contributed by atoms with Crippen LogP contribution in [0.15, 0.2) is 0 Å². The molecular formula is Ge3O6P2. The van der Waals surface area contributed by atoms with E-state index in [1.54, 1.807) is 0 Å². The van der Waals surface area contributed by atoms with E-state index < -0.39 is 17.2 Å². The first-order chi connectivity index (χ1) is 3.46. The molecule has 0 aromatic carbocycles. The van der Waals surface area contributed by atoms with Crippen LogP contribution in [0, 0.1) is 0 Å². The van der Waals surface area contributed by atoms with Crippen molar-refractivity contribution < 1.29 is 29.4 Å². The van der Waals surface area contributed by atoms with Crippen molar-refractivity contribution in [3.05, 3.63) is 0 Å². The maximum atomic E-state index is 8.48. The summed E-state index contributed by atoms with van der Waals surface area (Å²) in [6.45, 7) is 0. The van der Waals surface area contributed by atoms with Gasteiger partial charge >= 0.3 is 52.8 Å². The van der Waals surface area contributed by atoms with Gasteiger partial charge in [-0.1, -0.05) is 0 Å². The molecule has 0 aliphatic carbocycles. The summed E-state index contributed by atoms with van der Waals surface area (Å²) in [5.41, 5.74) is 0. The van der Waals surface area contributed by atoms with E-state index >= 15 is 0 Å². The summed E-state index contributed by atoms with van der Waals surface area (Å²) in [4.78, 5) is 50.9. The summed E-state index contributed by atoms with van der Waals surface area (Å²) in [6.07, 6.45) is 0. The molecule has 0 saturated carbocycles. The third kappa shape index (κ3) is 254. The van der Waals surface area contributed by atoms with Crippen LogP contribution in [0.5, 0.6) is 0 Å². The molecule has 58 valence electrons. The molecule has 0 aliphatic heterocycles. The van der Waals surface area contributed by atoms with Gasteiger partial charge in [0.05, 0.1) is 0 Å². The molecule has 11 heavy (non-hydrogen) atoms. The van der Waals surface area contributed by atoms with Crippen molar-refractivity contribution in [2.45, 2.75) is 0 Å². The van der Waals surface area contributed by atoms with Gasteiger partial charge in [-0.05, 0) is 0 Å². The van der Waals surface area contributed by atoms with Crippen molar-refractivity contribution in [2.24, 2.45) is 0 Å². The molecule has 0 aromatic rings. The monoisotopic (exact) mass is 380 g/mol. The molecule has 0 heterocycles. The zero-order chi connectivity index (χ0) is 7.15. The van der Waals surface area contributed by atoms with E-state index in [0.717, 1.165) is 0 Å². The van der Waals surface area contributed by atoms with Crippen LogP contribution in [-0.2, 0) is 0 Å². The van der Waals surface area contributed by atoms with Gasteiger partial charge in [0.25, 0.3) is 0 Å². The first kappa shape index (κ1) is 29.2. The zero-order valence-electron chi connectivity index (χ0n) is 4.84. The van der Waals surface area contributed by atoms with Crippen LogP contribution in [0.4, 0.5) is 0 Å². The van der Waals surface area contributed by atoms with Crippen LogP contribution < -0.4 is 29.4 Å². The summed E-state index contributed by atoms with van der Waals surface area (Å²) in [5, 5.41) is 0. The summed E-state index contributed by atoms with van der Waals surface area (Å²) in [5.74, 6) is 0. The zero-order valence-corrected chi connectivity index (χ0v) is 12.9. The molecule has 6 nitrogen and oxygen atoms in total. The minimum atomic E-state index is -3.37. The second-order valence-corrected chi connectivity index (χ2v) is 1.34. The Morgan fingerprint density at radius 1 is 0.455 bits per heavy atom. The fraction of sp³-hybridized carbons (Fsp3) is 0. The third-order valence-corrected chi connectivity index (χ3v) is 0. The average Bonchev–Trinajstić information content (AvgIpc) is 1.25. The summed E-state index contributed by atoms with van der Waals surface area (Å²) in [7, 11) is -6.74. The van der Waals surface area contributed by atoms with Crippen LogP contribution in [0.25, 0.3) is 0 Å². The molecule has 6 radical (unpaired) electrons. The molecule has 0 unspecified atom stereocenters. The smallest absolute Gasteiger partial charge is 0.854 e. The van der Waals surface area contributed by atoms with Gasteiger partial charge in [0.1, 0.15) is 0 Å². The maximum absolute atomic E-state index is 8.48. The van der Waals surface area contributed by atoms with E-state index in [9.17, 15) is 0 Å². The number of rotatable bonds is 0. The van der Waals surface area contributed by atoms with Crippen LogP contribution in [0.3, 0.4) is 0 Å². The van der Waals surface area contributed by atoms with Gasteiger partial charge in [0.2, 0.25) is 0 Å². The van der Waals surface area contributed by atoms with Crippen LogP contribution >= 0.6 is 17.2 Å². The van der Waals surface area contributed by atoms with E-state index in [-0.39, 0.29) is 52.8 Å². The normalized spacial score (nSPS) is 6.55. The van der Waals surface area contributed by atoms with Gasteiger partial charge in [-0.2, -0.15) is 0 Å². The van der Waals surface area contributed by atoms with Crippen molar-refractivity contribution in [1.82, 2.24) is 0 Å². The Labute approximate surface area is 99.0 Å². The Bertz CT molecular complexity index is 31.3. The molecule has 0 bridgehead atoms. The fourth-order valence-corrected chi connectivity index (χ4v) is 0. The van der Waals surface area contributed by atoms with Gasteiger partial charge in [0.15, 0.2) is 0 Å². The molecule has 0 amide bonds. The van der Waals surface area contributed by atoms with E-state index in [1.165, 1.54) is 0 Å². The SMILES string of the molecule is [Ge+2].[Ge+2].[Ge+2].[O-]P([O-])[O-].[O-]P([O-])[O-]. The molecule has 0 spiro atoms. The van der Waals surface area contributed by atoms with Crippen LogP contribution in [-0.4, -0.2) is 52.8 Å². The molecule has 0 N–H and O–H groups in total. The van der Waals surface area contributed by atoms with E-state index in [4.69, 9.17) is 29.4 Å². The predicted molar refractivity (Wildman–Crippen MR) is 31.1 cm³/mol. The third-order valence-electron chi connectivity index (χ3n) is 0. The minimum absolute atomic E-state index is 0. The standard InChI is InChI=1S/3Ge.2O3P/c;;;2*1-4(2)3/q3*+2;2*-3. The van der Waals surface area contributed by atoms with Crippen molar-refractivity contribution in [3.63, 3.8) is 0 Å². The first-order valence-electron chi connectivity index (χ1n) is 1.10. The second kappa shape index (κ2) is 22.8. The molecule has 0 aromatic heterocycles. The Hall–Kier alpha value is 2.25. The quantitative estimate of drug-likeness (QED) is 0.305. The fourth-order valence-electron chi connectivity index (χ4n) is 0. The predicted octanol–water partition coefficient (Wildman–Crippen LogP) is -6.55. The van der Waals surface area contributed by atoms with Crippen molar-refractivity contribution in [2.75, 3.05) is 0 Å². The summed E-state index contributed by atoms with van der Waals surface area (Å²) >= 11 is 0. The minimum Gasteiger partial charge on any atom is -0.854 e.